The molecule has 0 bridgehead atoms. The van der Waals surface area contributed by atoms with Crippen LogP contribution in [0.3, 0.4) is 0 Å². The summed E-state index contributed by atoms with van der Waals surface area (Å²) < 4.78 is 24.0. The van der Waals surface area contributed by atoms with Crippen LogP contribution in [0.1, 0.15) is 12.8 Å². The largest absolute Gasteiger partial charge is 0.465 e. The number of rotatable bonds is 3. The van der Waals surface area contributed by atoms with Gasteiger partial charge in [-0.2, -0.15) is 0 Å². The van der Waals surface area contributed by atoms with Crippen LogP contribution < -0.4 is 5.32 Å². The zero-order chi connectivity index (χ0) is 10.6. The lowest BCUT2D eigenvalue weighted by Crippen LogP contribution is -2.45. The number of hydrogen-bond acceptors (Lipinski definition) is 2. The predicted octanol–water partition coefficient (Wildman–Crippen LogP) is 0.984. The van der Waals surface area contributed by atoms with Gasteiger partial charge in [0, 0.05) is 19.1 Å². The third kappa shape index (κ3) is 3.87. The van der Waals surface area contributed by atoms with Crippen molar-refractivity contribution in [2.45, 2.75) is 25.3 Å². The van der Waals surface area contributed by atoms with Crippen LogP contribution in [0.5, 0.6) is 0 Å². The van der Waals surface area contributed by atoms with E-state index >= 15 is 0 Å². The first-order chi connectivity index (χ1) is 6.58. The SMILES string of the molecule is O=C(O)NC1CCN(CC(F)F)CC1. The lowest BCUT2D eigenvalue weighted by atomic mass is 10.1. The number of piperidine rings is 1. The third-order valence-electron chi connectivity index (χ3n) is 2.31. The van der Waals surface area contributed by atoms with E-state index < -0.39 is 12.5 Å². The summed E-state index contributed by atoms with van der Waals surface area (Å²) in [7, 11) is 0. The molecule has 0 radical (unpaired) electrons. The van der Waals surface area contributed by atoms with Gasteiger partial charge in [-0.1, -0.05) is 0 Å². The van der Waals surface area contributed by atoms with E-state index in [0.717, 1.165) is 0 Å². The molecular formula is C8H14F2N2O2. The summed E-state index contributed by atoms with van der Waals surface area (Å²) in [6.07, 6.45) is -2.13. The highest BCUT2D eigenvalue weighted by atomic mass is 19.3. The van der Waals surface area contributed by atoms with Crippen LogP contribution in [0.2, 0.25) is 0 Å². The number of likely N-dealkylation sites (tertiary alicyclic amines) is 1. The normalized spacial score (nSPS) is 19.9. The quantitative estimate of drug-likeness (QED) is 0.727. The molecule has 0 saturated carbocycles. The average molecular weight is 208 g/mol. The van der Waals surface area contributed by atoms with Crippen molar-refractivity contribution in [3.8, 4) is 0 Å². The van der Waals surface area contributed by atoms with Crippen molar-refractivity contribution in [1.82, 2.24) is 10.2 Å². The van der Waals surface area contributed by atoms with E-state index in [-0.39, 0.29) is 12.6 Å². The van der Waals surface area contributed by atoms with Crippen LogP contribution in [-0.4, -0.2) is 48.2 Å². The fraction of sp³-hybridized carbons (Fsp3) is 0.875. The Balaban J connectivity index is 2.21. The highest BCUT2D eigenvalue weighted by Gasteiger charge is 2.21. The minimum absolute atomic E-state index is 0.0820. The Labute approximate surface area is 80.9 Å². The predicted molar refractivity (Wildman–Crippen MR) is 46.6 cm³/mol. The smallest absolute Gasteiger partial charge is 0.404 e. The summed E-state index contributed by atoms with van der Waals surface area (Å²) in [6, 6.07) is -0.0820. The Morgan fingerprint density at radius 2 is 2.07 bits per heavy atom. The molecule has 1 heterocycles. The molecule has 4 nitrogen and oxygen atoms in total. The van der Waals surface area contributed by atoms with Gasteiger partial charge in [0.05, 0.1) is 6.54 Å². The van der Waals surface area contributed by atoms with Crippen molar-refractivity contribution in [2.75, 3.05) is 19.6 Å². The van der Waals surface area contributed by atoms with Gasteiger partial charge in [-0.25, -0.2) is 13.6 Å². The lowest BCUT2D eigenvalue weighted by molar-refractivity contribution is 0.0727. The lowest BCUT2D eigenvalue weighted by Gasteiger charge is -2.31. The molecule has 0 aromatic carbocycles. The molecule has 14 heavy (non-hydrogen) atoms. The molecule has 0 spiro atoms. The molecule has 0 unspecified atom stereocenters. The number of alkyl halides is 2. The van der Waals surface area contributed by atoms with Gasteiger partial charge in [-0.3, -0.25) is 4.90 Å². The molecule has 6 heteroatoms. The first-order valence-corrected chi connectivity index (χ1v) is 4.58. The molecular weight excluding hydrogens is 194 g/mol. The maximum absolute atomic E-state index is 12.0. The number of hydrogen-bond donors (Lipinski definition) is 2. The molecule has 1 fully saturated rings. The molecule has 0 aromatic heterocycles. The molecule has 0 aliphatic carbocycles. The van der Waals surface area contributed by atoms with Gasteiger partial charge in [-0.15, -0.1) is 0 Å². The van der Waals surface area contributed by atoms with Crippen molar-refractivity contribution >= 4 is 6.09 Å². The number of nitrogens with one attached hydrogen (secondary N) is 1. The van der Waals surface area contributed by atoms with E-state index in [2.05, 4.69) is 5.32 Å². The van der Waals surface area contributed by atoms with Crippen molar-refractivity contribution in [1.29, 1.82) is 0 Å². The van der Waals surface area contributed by atoms with E-state index in [0.29, 0.717) is 25.9 Å². The highest BCUT2D eigenvalue weighted by molar-refractivity contribution is 5.64. The minimum atomic E-state index is -2.31. The van der Waals surface area contributed by atoms with E-state index in [1.54, 1.807) is 4.90 Å². The number of amides is 1. The first kappa shape index (κ1) is 11.2. The minimum Gasteiger partial charge on any atom is -0.465 e. The van der Waals surface area contributed by atoms with Gasteiger partial charge < -0.3 is 10.4 Å². The van der Waals surface area contributed by atoms with Crippen molar-refractivity contribution in [3.63, 3.8) is 0 Å². The Kier molecular flexibility index (Phi) is 4.06. The number of carboxylic acid groups (broad SMARTS) is 1. The monoisotopic (exact) mass is 208 g/mol. The van der Waals surface area contributed by atoms with E-state index in [4.69, 9.17) is 5.11 Å². The Hall–Kier alpha value is -0.910. The summed E-state index contributed by atoms with van der Waals surface area (Å²) in [6.45, 7) is 0.865. The topological polar surface area (TPSA) is 52.6 Å². The van der Waals surface area contributed by atoms with Gasteiger partial charge >= 0.3 is 6.09 Å². The first-order valence-electron chi connectivity index (χ1n) is 4.58. The van der Waals surface area contributed by atoms with Gasteiger partial charge in [0.15, 0.2) is 0 Å². The van der Waals surface area contributed by atoms with E-state index in [1.165, 1.54) is 0 Å². The van der Waals surface area contributed by atoms with Crippen LogP contribution in [0, 0.1) is 0 Å². The summed E-state index contributed by atoms with van der Waals surface area (Å²) in [4.78, 5) is 11.9. The van der Waals surface area contributed by atoms with Crippen LogP contribution >= 0.6 is 0 Å². The van der Waals surface area contributed by atoms with Crippen molar-refractivity contribution in [2.24, 2.45) is 0 Å². The van der Waals surface area contributed by atoms with Gasteiger partial charge in [0.2, 0.25) is 0 Å². The molecule has 0 atom stereocenters. The number of nitrogens with zero attached hydrogens (tertiary/aromatic N) is 1. The molecule has 1 rings (SSSR count). The Morgan fingerprint density at radius 1 is 1.50 bits per heavy atom. The second kappa shape index (κ2) is 5.09. The van der Waals surface area contributed by atoms with Gasteiger partial charge in [0.1, 0.15) is 0 Å². The van der Waals surface area contributed by atoms with Crippen LogP contribution in [0.15, 0.2) is 0 Å². The molecule has 1 aliphatic rings. The number of carbonyl (C=O) groups is 1. The van der Waals surface area contributed by atoms with Crippen LogP contribution in [-0.2, 0) is 0 Å². The van der Waals surface area contributed by atoms with E-state index in [1.807, 2.05) is 0 Å². The summed E-state index contributed by atoms with van der Waals surface area (Å²) >= 11 is 0. The highest BCUT2D eigenvalue weighted by Crippen LogP contribution is 2.11. The Bertz CT molecular complexity index is 194. The van der Waals surface area contributed by atoms with Crippen molar-refractivity contribution in [3.05, 3.63) is 0 Å². The number of halogens is 2. The average Bonchev–Trinajstić information content (AvgIpc) is 2.06. The molecule has 1 aliphatic heterocycles. The second-order valence-electron chi connectivity index (χ2n) is 3.42. The second-order valence-corrected chi connectivity index (χ2v) is 3.42. The fourth-order valence-electron chi connectivity index (χ4n) is 1.63. The van der Waals surface area contributed by atoms with Crippen molar-refractivity contribution < 1.29 is 18.7 Å². The molecule has 2 N–H and O–H groups in total. The van der Waals surface area contributed by atoms with Crippen LogP contribution in [0.25, 0.3) is 0 Å². The Morgan fingerprint density at radius 3 is 2.50 bits per heavy atom. The van der Waals surface area contributed by atoms with Gasteiger partial charge in [0.25, 0.3) is 6.43 Å². The zero-order valence-electron chi connectivity index (χ0n) is 7.75. The maximum Gasteiger partial charge on any atom is 0.404 e. The molecule has 1 saturated heterocycles. The summed E-state index contributed by atoms with van der Waals surface area (Å²) in [5, 5.41) is 10.8. The van der Waals surface area contributed by atoms with Gasteiger partial charge in [-0.05, 0) is 12.8 Å². The molecule has 0 aromatic rings. The molecule has 82 valence electrons. The standard InChI is InChI=1S/C8H14F2N2O2/c9-7(10)5-12-3-1-6(2-4-12)11-8(13)14/h6-7,11H,1-5H2,(H,13,14). The molecule has 1 amide bonds. The van der Waals surface area contributed by atoms with Crippen LogP contribution in [0.4, 0.5) is 13.6 Å². The summed E-state index contributed by atoms with van der Waals surface area (Å²) in [5.41, 5.74) is 0. The maximum atomic E-state index is 12.0. The van der Waals surface area contributed by atoms with E-state index in [9.17, 15) is 13.6 Å². The fourth-order valence-corrected chi connectivity index (χ4v) is 1.63. The zero-order valence-corrected chi connectivity index (χ0v) is 7.75. The third-order valence-corrected chi connectivity index (χ3v) is 2.31. The summed E-state index contributed by atoms with van der Waals surface area (Å²) in [5.74, 6) is 0.